The van der Waals surface area contributed by atoms with Crippen LogP contribution in [0, 0.1) is 0 Å². The third-order valence-corrected chi connectivity index (χ3v) is 8.25. The predicted octanol–water partition coefficient (Wildman–Crippen LogP) is 5.34. The Bertz CT molecular complexity index is 1580. The number of rotatable bonds is 8. The van der Waals surface area contributed by atoms with Crippen molar-refractivity contribution in [1.82, 2.24) is 9.47 Å². The molecule has 7 heteroatoms. The van der Waals surface area contributed by atoms with Gasteiger partial charge in [-0.25, -0.2) is 0 Å². The Morgan fingerprint density at radius 3 is 2.10 bits per heavy atom. The van der Waals surface area contributed by atoms with Crippen molar-refractivity contribution in [3.05, 3.63) is 125 Å². The Hall–Kier alpha value is -4.49. The molecule has 5 rings (SSSR count). The molecule has 1 aliphatic heterocycles. The molecule has 0 bridgehead atoms. The van der Waals surface area contributed by atoms with Crippen LogP contribution in [0.3, 0.4) is 0 Å². The maximum atomic E-state index is 13.8. The fraction of sp³-hybridized carbons (Fsp3) is 0.286. The molecule has 0 spiro atoms. The van der Waals surface area contributed by atoms with E-state index >= 15 is 0 Å². The van der Waals surface area contributed by atoms with E-state index in [1.165, 1.54) is 10.6 Å². The van der Waals surface area contributed by atoms with Crippen LogP contribution in [-0.2, 0) is 11.3 Å². The molecule has 42 heavy (non-hydrogen) atoms. The number of aliphatic hydroxyl groups is 1. The van der Waals surface area contributed by atoms with Gasteiger partial charge in [0, 0.05) is 50.1 Å². The fourth-order valence-electron chi connectivity index (χ4n) is 5.61. The summed E-state index contributed by atoms with van der Waals surface area (Å²) in [4.78, 5) is 43.5. The number of pyridine rings is 1. The monoisotopic (exact) mass is 563 g/mol. The molecule has 1 atom stereocenters. The number of benzene rings is 3. The summed E-state index contributed by atoms with van der Waals surface area (Å²) in [5.74, 6) is -0.0884. The van der Waals surface area contributed by atoms with Gasteiger partial charge in [-0.1, -0.05) is 85.8 Å². The minimum Gasteiger partial charge on any atom is -0.388 e. The maximum absolute atomic E-state index is 13.8. The molecule has 2 amide bonds. The van der Waals surface area contributed by atoms with Crippen molar-refractivity contribution in [3.63, 3.8) is 0 Å². The number of anilines is 1. The number of nitrogens with zero attached hydrogens (tertiary/aromatic N) is 3. The van der Waals surface area contributed by atoms with Gasteiger partial charge in [0.15, 0.2) is 0 Å². The van der Waals surface area contributed by atoms with Gasteiger partial charge >= 0.3 is 0 Å². The predicted molar refractivity (Wildman–Crippen MR) is 166 cm³/mol. The first kappa shape index (κ1) is 29.0. The second-order valence-electron chi connectivity index (χ2n) is 11.3. The second-order valence-corrected chi connectivity index (χ2v) is 11.3. The molecule has 0 aliphatic carbocycles. The Balaban J connectivity index is 1.34. The van der Waals surface area contributed by atoms with E-state index in [2.05, 4.69) is 0 Å². The fourth-order valence-corrected chi connectivity index (χ4v) is 5.61. The van der Waals surface area contributed by atoms with Crippen LogP contribution < -0.4 is 10.5 Å². The molecule has 2 heterocycles. The van der Waals surface area contributed by atoms with Crippen molar-refractivity contribution in [2.45, 2.75) is 44.2 Å². The van der Waals surface area contributed by atoms with E-state index in [1.54, 1.807) is 23.0 Å². The van der Waals surface area contributed by atoms with Crippen LogP contribution in [0.5, 0.6) is 0 Å². The molecule has 216 valence electrons. The SMILES string of the molecule is C[C@H](CC(=O)N1CCC(O)(Cn2cc(C(=O)N(C)c3ccccc3)c(-c3ccccc3)cc2=O)CC1)c1ccccc1. The van der Waals surface area contributed by atoms with E-state index in [9.17, 15) is 19.5 Å². The standard InChI is InChI=1S/C35H37N3O4/c1-26(27-12-6-3-7-13-27)22-32(39)37-20-18-35(42,19-21-37)25-38-24-31(34(41)36(2)29-16-10-5-11-17-29)30(23-33(38)40)28-14-8-4-9-15-28/h3-17,23-24,26,42H,18-22,25H2,1-2H3/t26-/m1/s1. The minimum atomic E-state index is -1.18. The van der Waals surface area contributed by atoms with Gasteiger partial charge in [-0.2, -0.15) is 0 Å². The second kappa shape index (κ2) is 12.6. The van der Waals surface area contributed by atoms with Crippen LogP contribution in [-0.4, -0.2) is 52.1 Å². The highest BCUT2D eigenvalue weighted by Crippen LogP contribution is 2.29. The number of piperidine rings is 1. The number of hydrogen-bond acceptors (Lipinski definition) is 4. The Labute approximate surface area is 246 Å². The van der Waals surface area contributed by atoms with Crippen molar-refractivity contribution >= 4 is 17.5 Å². The molecular formula is C35H37N3O4. The van der Waals surface area contributed by atoms with Crippen LogP contribution in [0.2, 0.25) is 0 Å². The Morgan fingerprint density at radius 1 is 0.905 bits per heavy atom. The van der Waals surface area contributed by atoms with Gasteiger partial charge in [-0.15, -0.1) is 0 Å². The smallest absolute Gasteiger partial charge is 0.260 e. The molecule has 0 radical (unpaired) electrons. The molecule has 0 unspecified atom stereocenters. The third kappa shape index (κ3) is 6.52. The molecule has 1 saturated heterocycles. The van der Waals surface area contributed by atoms with Gasteiger partial charge in [0.05, 0.1) is 17.7 Å². The van der Waals surface area contributed by atoms with Crippen LogP contribution in [0.15, 0.2) is 108 Å². The third-order valence-electron chi connectivity index (χ3n) is 8.25. The van der Waals surface area contributed by atoms with E-state index in [0.29, 0.717) is 43.5 Å². The first-order valence-corrected chi connectivity index (χ1v) is 14.4. The molecule has 1 aromatic heterocycles. The number of carbonyl (C=O) groups is 2. The number of amides is 2. The average Bonchev–Trinajstić information content (AvgIpc) is 3.02. The van der Waals surface area contributed by atoms with Crippen LogP contribution in [0.4, 0.5) is 5.69 Å². The van der Waals surface area contributed by atoms with Gasteiger partial charge in [-0.3, -0.25) is 14.4 Å². The van der Waals surface area contributed by atoms with E-state index in [-0.39, 0.29) is 29.8 Å². The lowest BCUT2D eigenvalue weighted by molar-refractivity contribution is -0.136. The van der Waals surface area contributed by atoms with Crippen molar-refractivity contribution in [1.29, 1.82) is 0 Å². The zero-order valence-corrected chi connectivity index (χ0v) is 24.1. The summed E-state index contributed by atoms with van der Waals surface area (Å²) in [7, 11) is 1.71. The molecule has 7 nitrogen and oxygen atoms in total. The lowest BCUT2D eigenvalue weighted by Crippen LogP contribution is -2.49. The lowest BCUT2D eigenvalue weighted by atomic mass is 9.90. The van der Waals surface area contributed by atoms with Gasteiger partial charge in [-0.05, 0) is 42.0 Å². The maximum Gasteiger partial charge on any atom is 0.260 e. The van der Waals surface area contributed by atoms with Crippen LogP contribution in [0.1, 0.15) is 48.0 Å². The Kier molecular flexibility index (Phi) is 8.69. The van der Waals surface area contributed by atoms with Gasteiger partial charge in [0.25, 0.3) is 11.5 Å². The topological polar surface area (TPSA) is 82.8 Å². The summed E-state index contributed by atoms with van der Waals surface area (Å²) in [6.45, 7) is 2.91. The molecule has 1 N–H and O–H groups in total. The van der Waals surface area contributed by atoms with Gasteiger partial charge in [0.1, 0.15) is 0 Å². The molecule has 3 aromatic carbocycles. The van der Waals surface area contributed by atoms with Crippen LogP contribution in [0.25, 0.3) is 11.1 Å². The summed E-state index contributed by atoms with van der Waals surface area (Å²) in [6.07, 6.45) is 2.67. The van der Waals surface area contributed by atoms with Crippen molar-refractivity contribution in [3.8, 4) is 11.1 Å². The van der Waals surface area contributed by atoms with Gasteiger partial charge in [0.2, 0.25) is 5.91 Å². The molecule has 4 aromatic rings. The number of para-hydroxylation sites is 1. The zero-order chi connectivity index (χ0) is 29.7. The normalized spacial score (nSPS) is 15.2. The number of hydrogen-bond donors (Lipinski definition) is 1. The number of aromatic nitrogens is 1. The Morgan fingerprint density at radius 2 is 1.48 bits per heavy atom. The first-order chi connectivity index (χ1) is 20.2. The van der Waals surface area contributed by atoms with Gasteiger partial charge < -0.3 is 19.5 Å². The molecule has 1 fully saturated rings. The molecular weight excluding hydrogens is 526 g/mol. The summed E-state index contributed by atoms with van der Waals surface area (Å²) >= 11 is 0. The summed E-state index contributed by atoms with van der Waals surface area (Å²) in [5, 5.41) is 11.5. The van der Waals surface area contributed by atoms with Crippen molar-refractivity contribution < 1.29 is 14.7 Å². The highest BCUT2D eigenvalue weighted by molar-refractivity contribution is 6.09. The van der Waals surface area contributed by atoms with E-state index in [4.69, 9.17) is 0 Å². The highest BCUT2D eigenvalue weighted by atomic mass is 16.3. The number of likely N-dealkylation sites (tertiary alicyclic amines) is 1. The first-order valence-electron chi connectivity index (χ1n) is 14.4. The average molecular weight is 564 g/mol. The minimum absolute atomic E-state index is 0.0404. The highest BCUT2D eigenvalue weighted by Gasteiger charge is 2.35. The zero-order valence-electron chi connectivity index (χ0n) is 24.1. The molecule has 1 aliphatic rings. The van der Waals surface area contributed by atoms with Crippen molar-refractivity contribution in [2.75, 3.05) is 25.0 Å². The van der Waals surface area contributed by atoms with E-state index in [0.717, 1.165) is 16.8 Å². The van der Waals surface area contributed by atoms with Crippen LogP contribution >= 0.6 is 0 Å². The lowest BCUT2D eigenvalue weighted by Gasteiger charge is -2.39. The quantitative estimate of drug-likeness (QED) is 0.314. The molecule has 0 saturated carbocycles. The summed E-state index contributed by atoms with van der Waals surface area (Å²) < 4.78 is 1.44. The largest absolute Gasteiger partial charge is 0.388 e. The summed E-state index contributed by atoms with van der Waals surface area (Å²) in [5.41, 5.74) is 2.07. The van der Waals surface area contributed by atoms with E-state index in [1.807, 2.05) is 97.9 Å². The van der Waals surface area contributed by atoms with Crippen molar-refractivity contribution in [2.24, 2.45) is 0 Å². The number of carbonyl (C=O) groups excluding carboxylic acids is 2. The summed E-state index contributed by atoms with van der Waals surface area (Å²) in [6, 6.07) is 30.2. The van der Waals surface area contributed by atoms with E-state index < -0.39 is 5.60 Å².